The van der Waals surface area contributed by atoms with Gasteiger partial charge in [-0.05, 0) is 37.3 Å². The highest BCUT2D eigenvalue weighted by Crippen LogP contribution is 2.27. The Morgan fingerprint density at radius 2 is 2.26 bits per heavy atom. The molecule has 19 heavy (non-hydrogen) atoms. The van der Waals surface area contributed by atoms with Gasteiger partial charge in [-0.15, -0.1) is 10.2 Å². The second kappa shape index (κ2) is 5.70. The summed E-state index contributed by atoms with van der Waals surface area (Å²) in [5, 5.41) is 12.1. The van der Waals surface area contributed by atoms with Gasteiger partial charge in [0.25, 0.3) is 0 Å². The summed E-state index contributed by atoms with van der Waals surface area (Å²) in [6.07, 6.45) is 8.37. The molecule has 0 saturated heterocycles. The molecule has 0 aromatic carbocycles. The maximum Gasteiger partial charge on any atom is 0.160 e. The summed E-state index contributed by atoms with van der Waals surface area (Å²) >= 11 is 0. The quantitative estimate of drug-likeness (QED) is 0.895. The largest absolute Gasteiger partial charge is 0.314 e. The third kappa shape index (κ3) is 2.78. The molecule has 0 bridgehead atoms. The van der Waals surface area contributed by atoms with Crippen LogP contribution in [0.15, 0.2) is 24.4 Å². The molecule has 1 saturated carbocycles. The molecule has 3 rings (SSSR count). The van der Waals surface area contributed by atoms with E-state index in [-0.39, 0.29) is 0 Å². The van der Waals surface area contributed by atoms with Crippen LogP contribution in [0.5, 0.6) is 0 Å². The topological polar surface area (TPSA) is 42.2 Å². The number of hydrogen-bond donors (Lipinski definition) is 1. The molecule has 2 aromatic heterocycles. The molecule has 0 radical (unpaired) electrons. The summed E-state index contributed by atoms with van der Waals surface area (Å²) in [5.74, 6) is 1.99. The monoisotopic (exact) mass is 258 g/mol. The van der Waals surface area contributed by atoms with Crippen molar-refractivity contribution in [3.8, 4) is 0 Å². The maximum absolute atomic E-state index is 4.26. The van der Waals surface area contributed by atoms with E-state index in [0.29, 0.717) is 6.04 Å². The van der Waals surface area contributed by atoms with E-state index < -0.39 is 0 Å². The Kier molecular flexibility index (Phi) is 3.78. The van der Waals surface area contributed by atoms with Gasteiger partial charge in [-0.1, -0.05) is 19.4 Å². The zero-order chi connectivity index (χ0) is 13.1. The normalized spacial score (nSPS) is 23.2. The van der Waals surface area contributed by atoms with E-state index in [1.807, 2.05) is 24.4 Å². The predicted molar refractivity (Wildman–Crippen MR) is 76.1 cm³/mol. The minimum Gasteiger partial charge on any atom is -0.314 e. The van der Waals surface area contributed by atoms with Crippen molar-refractivity contribution >= 4 is 5.65 Å². The van der Waals surface area contributed by atoms with E-state index in [0.717, 1.165) is 30.4 Å². The van der Waals surface area contributed by atoms with Gasteiger partial charge in [0.15, 0.2) is 5.65 Å². The summed E-state index contributed by atoms with van der Waals surface area (Å²) in [5.41, 5.74) is 0.935. The second-order valence-corrected chi connectivity index (χ2v) is 5.53. The van der Waals surface area contributed by atoms with Gasteiger partial charge in [-0.2, -0.15) is 0 Å². The first-order valence-corrected chi connectivity index (χ1v) is 7.39. The van der Waals surface area contributed by atoms with Gasteiger partial charge in [0.2, 0.25) is 0 Å². The van der Waals surface area contributed by atoms with Crippen LogP contribution in [-0.4, -0.2) is 27.2 Å². The smallest absolute Gasteiger partial charge is 0.160 e. The van der Waals surface area contributed by atoms with E-state index in [2.05, 4.69) is 26.8 Å². The summed E-state index contributed by atoms with van der Waals surface area (Å²) < 4.78 is 2.07. The van der Waals surface area contributed by atoms with Crippen molar-refractivity contribution in [1.29, 1.82) is 0 Å². The third-order valence-electron chi connectivity index (χ3n) is 4.28. The minimum atomic E-state index is 0.712. The zero-order valence-corrected chi connectivity index (χ0v) is 11.5. The molecule has 2 heterocycles. The lowest BCUT2D eigenvalue weighted by atomic mass is 10.1. The van der Waals surface area contributed by atoms with Gasteiger partial charge in [0, 0.05) is 25.2 Å². The lowest BCUT2D eigenvalue weighted by Gasteiger charge is -2.12. The van der Waals surface area contributed by atoms with Crippen LogP contribution in [0.1, 0.15) is 38.4 Å². The molecule has 4 heteroatoms. The highest BCUT2D eigenvalue weighted by molar-refractivity contribution is 5.36. The molecule has 1 fully saturated rings. The van der Waals surface area contributed by atoms with Crippen molar-refractivity contribution in [2.45, 2.75) is 45.1 Å². The number of pyridine rings is 1. The molecule has 1 aliphatic rings. The standard InChI is InChI=1S/C15H22N4/c1-2-12-6-7-13(11-12)16-9-8-15-18-17-14-5-3-4-10-19(14)15/h3-5,10,12-13,16H,2,6-9,11H2,1H3. The molecule has 2 aromatic rings. The van der Waals surface area contributed by atoms with E-state index in [1.165, 1.54) is 25.7 Å². The first-order chi connectivity index (χ1) is 9.36. The summed E-state index contributed by atoms with van der Waals surface area (Å²) in [6, 6.07) is 6.72. The molecule has 1 N–H and O–H groups in total. The Morgan fingerprint density at radius 1 is 1.32 bits per heavy atom. The Bertz CT molecular complexity index is 534. The van der Waals surface area contributed by atoms with E-state index in [1.54, 1.807) is 0 Å². The third-order valence-corrected chi connectivity index (χ3v) is 4.28. The summed E-state index contributed by atoms with van der Waals surface area (Å²) in [7, 11) is 0. The number of rotatable bonds is 5. The number of fused-ring (bicyclic) bond motifs is 1. The summed E-state index contributed by atoms with van der Waals surface area (Å²) in [6.45, 7) is 3.30. The van der Waals surface area contributed by atoms with Crippen LogP contribution in [0.3, 0.4) is 0 Å². The zero-order valence-electron chi connectivity index (χ0n) is 11.5. The number of nitrogens with zero attached hydrogens (tertiary/aromatic N) is 3. The van der Waals surface area contributed by atoms with E-state index in [4.69, 9.17) is 0 Å². The van der Waals surface area contributed by atoms with Crippen molar-refractivity contribution in [3.05, 3.63) is 30.2 Å². The Labute approximate surface area is 114 Å². The number of nitrogens with one attached hydrogen (secondary N) is 1. The Balaban J connectivity index is 1.53. The van der Waals surface area contributed by atoms with Gasteiger partial charge < -0.3 is 5.32 Å². The van der Waals surface area contributed by atoms with Crippen LogP contribution in [-0.2, 0) is 6.42 Å². The molecular formula is C15H22N4. The van der Waals surface area contributed by atoms with Crippen molar-refractivity contribution in [2.75, 3.05) is 6.54 Å². The van der Waals surface area contributed by atoms with Gasteiger partial charge in [0.1, 0.15) is 5.82 Å². The average Bonchev–Trinajstić information content (AvgIpc) is 3.06. The van der Waals surface area contributed by atoms with Crippen LogP contribution in [0.25, 0.3) is 5.65 Å². The van der Waals surface area contributed by atoms with Crippen molar-refractivity contribution in [2.24, 2.45) is 5.92 Å². The average molecular weight is 258 g/mol. The fraction of sp³-hybridized carbons (Fsp3) is 0.600. The van der Waals surface area contributed by atoms with Gasteiger partial charge in [0.05, 0.1) is 0 Å². The first-order valence-electron chi connectivity index (χ1n) is 7.39. The Hall–Kier alpha value is -1.42. The highest BCUT2D eigenvalue weighted by Gasteiger charge is 2.22. The van der Waals surface area contributed by atoms with Crippen LogP contribution in [0.4, 0.5) is 0 Å². The lowest BCUT2D eigenvalue weighted by molar-refractivity contribution is 0.477. The molecule has 4 nitrogen and oxygen atoms in total. The minimum absolute atomic E-state index is 0.712. The van der Waals surface area contributed by atoms with Gasteiger partial charge in [-0.3, -0.25) is 4.40 Å². The number of hydrogen-bond acceptors (Lipinski definition) is 3. The second-order valence-electron chi connectivity index (χ2n) is 5.53. The van der Waals surface area contributed by atoms with Crippen LogP contribution in [0.2, 0.25) is 0 Å². The SMILES string of the molecule is CCC1CCC(NCCc2nnc3ccccn23)C1. The fourth-order valence-corrected chi connectivity index (χ4v) is 3.08. The van der Waals surface area contributed by atoms with Gasteiger partial charge in [-0.25, -0.2) is 0 Å². The lowest BCUT2D eigenvalue weighted by Crippen LogP contribution is -2.28. The van der Waals surface area contributed by atoms with Crippen molar-refractivity contribution < 1.29 is 0 Å². The predicted octanol–water partition coefficient (Wildman–Crippen LogP) is 2.44. The first kappa shape index (κ1) is 12.6. The van der Waals surface area contributed by atoms with E-state index >= 15 is 0 Å². The highest BCUT2D eigenvalue weighted by atomic mass is 15.2. The van der Waals surface area contributed by atoms with Crippen LogP contribution < -0.4 is 5.32 Å². The molecule has 0 spiro atoms. The molecule has 2 unspecified atom stereocenters. The van der Waals surface area contributed by atoms with Crippen molar-refractivity contribution in [1.82, 2.24) is 19.9 Å². The van der Waals surface area contributed by atoms with Crippen molar-refractivity contribution in [3.63, 3.8) is 0 Å². The maximum atomic E-state index is 4.26. The van der Waals surface area contributed by atoms with Crippen LogP contribution >= 0.6 is 0 Å². The van der Waals surface area contributed by atoms with Gasteiger partial charge >= 0.3 is 0 Å². The summed E-state index contributed by atoms with van der Waals surface area (Å²) in [4.78, 5) is 0. The molecule has 0 amide bonds. The number of aromatic nitrogens is 3. The molecule has 0 aliphatic heterocycles. The molecule has 2 atom stereocenters. The van der Waals surface area contributed by atoms with E-state index in [9.17, 15) is 0 Å². The fourth-order valence-electron chi connectivity index (χ4n) is 3.08. The Morgan fingerprint density at radius 3 is 3.11 bits per heavy atom. The molecule has 102 valence electrons. The van der Waals surface area contributed by atoms with Crippen LogP contribution in [0, 0.1) is 5.92 Å². The molecule has 1 aliphatic carbocycles. The molecular weight excluding hydrogens is 236 g/mol.